The van der Waals surface area contributed by atoms with Crippen molar-refractivity contribution < 1.29 is 4.79 Å². The number of benzene rings is 2. The normalized spacial score (nSPS) is 12.1. The highest BCUT2D eigenvalue weighted by Gasteiger charge is 2.18. The van der Waals surface area contributed by atoms with Gasteiger partial charge in [-0.15, -0.1) is 11.8 Å². The van der Waals surface area contributed by atoms with Crippen LogP contribution < -0.4 is 0 Å². The van der Waals surface area contributed by atoms with Crippen molar-refractivity contribution in [2.24, 2.45) is 0 Å². The fourth-order valence-electron chi connectivity index (χ4n) is 1.63. The predicted octanol–water partition coefficient (Wildman–Crippen LogP) is 4.88. The molecule has 0 heterocycles. The molecule has 1 nitrogen and oxygen atoms in total. The van der Waals surface area contributed by atoms with E-state index >= 15 is 0 Å². The van der Waals surface area contributed by atoms with E-state index in [0.717, 1.165) is 16.2 Å². The quantitative estimate of drug-likeness (QED) is 0.730. The maximum absolute atomic E-state index is 12.3. The van der Waals surface area contributed by atoms with Crippen molar-refractivity contribution in [3.63, 3.8) is 0 Å². The van der Waals surface area contributed by atoms with E-state index in [1.807, 2.05) is 60.7 Å². The highest BCUT2D eigenvalue weighted by atomic mass is 32.2. The Morgan fingerprint density at radius 2 is 1.47 bits per heavy atom. The minimum atomic E-state index is 0.00704. The van der Waals surface area contributed by atoms with Gasteiger partial charge in [-0.05, 0) is 30.7 Å². The number of rotatable bonds is 5. The van der Waals surface area contributed by atoms with Crippen LogP contribution in [0.4, 0.5) is 0 Å². The van der Waals surface area contributed by atoms with E-state index in [1.165, 1.54) is 11.8 Å². The molecule has 0 aliphatic heterocycles. The van der Waals surface area contributed by atoms with Crippen LogP contribution in [0.3, 0.4) is 0 Å². The van der Waals surface area contributed by atoms with Crippen LogP contribution in [0.2, 0.25) is 0 Å². The topological polar surface area (TPSA) is 17.1 Å². The van der Waals surface area contributed by atoms with Crippen LogP contribution in [0.1, 0.15) is 13.3 Å². The highest BCUT2D eigenvalue weighted by molar-refractivity contribution is 8.16. The SMILES string of the molecule is CCC(Sc1ccccc1)C(=O)Sc1ccccc1. The maximum atomic E-state index is 12.3. The van der Waals surface area contributed by atoms with Gasteiger partial charge in [0.05, 0.1) is 5.25 Å². The predicted molar refractivity (Wildman–Crippen MR) is 83.7 cm³/mol. The molecule has 1 atom stereocenters. The van der Waals surface area contributed by atoms with Crippen molar-refractivity contribution in [2.45, 2.75) is 28.4 Å². The third-order valence-electron chi connectivity index (χ3n) is 2.62. The van der Waals surface area contributed by atoms with E-state index in [1.54, 1.807) is 11.8 Å². The molecule has 0 radical (unpaired) electrons. The summed E-state index contributed by atoms with van der Waals surface area (Å²) in [4.78, 5) is 14.5. The Labute approximate surface area is 122 Å². The van der Waals surface area contributed by atoms with Gasteiger partial charge in [0.1, 0.15) is 0 Å². The summed E-state index contributed by atoms with van der Waals surface area (Å²) in [7, 11) is 0. The second-order valence-electron chi connectivity index (χ2n) is 4.06. The van der Waals surface area contributed by atoms with Gasteiger partial charge in [-0.2, -0.15) is 0 Å². The molecule has 2 aromatic carbocycles. The number of carbonyl (C=O) groups excluding carboxylic acids is 1. The molecule has 2 rings (SSSR count). The van der Waals surface area contributed by atoms with Crippen LogP contribution in [0.5, 0.6) is 0 Å². The summed E-state index contributed by atoms with van der Waals surface area (Å²) in [5, 5.41) is 0.232. The van der Waals surface area contributed by atoms with Crippen molar-refractivity contribution in [1.29, 1.82) is 0 Å². The van der Waals surface area contributed by atoms with Crippen molar-refractivity contribution in [1.82, 2.24) is 0 Å². The van der Waals surface area contributed by atoms with Crippen molar-refractivity contribution in [2.75, 3.05) is 0 Å². The Morgan fingerprint density at radius 1 is 0.947 bits per heavy atom. The van der Waals surface area contributed by atoms with Crippen LogP contribution in [-0.2, 0) is 4.79 Å². The summed E-state index contributed by atoms with van der Waals surface area (Å²) in [5.41, 5.74) is 0. The molecule has 0 bridgehead atoms. The van der Waals surface area contributed by atoms with Crippen LogP contribution in [0, 0.1) is 0 Å². The van der Waals surface area contributed by atoms with E-state index in [2.05, 4.69) is 6.92 Å². The molecular weight excluding hydrogens is 272 g/mol. The minimum Gasteiger partial charge on any atom is -0.286 e. The highest BCUT2D eigenvalue weighted by Crippen LogP contribution is 2.31. The smallest absolute Gasteiger partial charge is 0.206 e. The van der Waals surface area contributed by atoms with Crippen molar-refractivity contribution in [3.05, 3.63) is 60.7 Å². The molecular formula is C16H16OS2. The van der Waals surface area contributed by atoms with Gasteiger partial charge >= 0.3 is 0 Å². The first-order chi connectivity index (χ1) is 9.29. The zero-order valence-corrected chi connectivity index (χ0v) is 12.4. The molecule has 0 amide bonds. The average molecular weight is 288 g/mol. The average Bonchev–Trinajstić information content (AvgIpc) is 2.47. The minimum absolute atomic E-state index is 0.00704. The molecule has 2 aromatic rings. The molecule has 0 spiro atoms. The zero-order chi connectivity index (χ0) is 13.5. The lowest BCUT2D eigenvalue weighted by Crippen LogP contribution is -2.12. The lowest BCUT2D eigenvalue weighted by atomic mass is 10.3. The molecule has 0 aliphatic carbocycles. The molecule has 0 saturated heterocycles. The second-order valence-corrected chi connectivity index (χ2v) is 6.42. The van der Waals surface area contributed by atoms with Gasteiger partial charge in [0.15, 0.2) is 0 Å². The summed E-state index contributed by atoms with van der Waals surface area (Å²) in [6, 6.07) is 19.9. The van der Waals surface area contributed by atoms with Gasteiger partial charge in [0, 0.05) is 9.79 Å². The summed E-state index contributed by atoms with van der Waals surface area (Å²) in [6.45, 7) is 2.06. The molecule has 0 fully saturated rings. The van der Waals surface area contributed by atoms with Gasteiger partial charge in [-0.25, -0.2) is 0 Å². The van der Waals surface area contributed by atoms with E-state index in [9.17, 15) is 4.79 Å². The third-order valence-corrected chi connectivity index (χ3v) is 5.14. The van der Waals surface area contributed by atoms with Crippen molar-refractivity contribution >= 4 is 28.6 Å². The number of hydrogen-bond acceptors (Lipinski definition) is 3. The first kappa shape index (κ1) is 14.2. The lowest BCUT2D eigenvalue weighted by molar-refractivity contribution is -0.110. The molecule has 0 aliphatic rings. The van der Waals surface area contributed by atoms with Crippen LogP contribution in [0.25, 0.3) is 0 Å². The monoisotopic (exact) mass is 288 g/mol. The maximum Gasteiger partial charge on any atom is 0.206 e. The van der Waals surface area contributed by atoms with E-state index in [4.69, 9.17) is 0 Å². The standard InChI is InChI=1S/C16H16OS2/c1-2-15(18-13-9-5-3-6-10-13)16(17)19-14-11-7-4-8-12-14/h3-12,15H,2H2,1H3. The Bertz CT molecular complexity index is 511. The number of thioether (sulfide) groups is 2. The van der Waals surface area contributed by atoms with Gasteiger partial charge in [0.2, 0.25) is 5.12 Å². The van der Waals surface area contributed by atoms with Crippen LogP contribution in [-0.4, -0.2) is 10.4 Å². The van der Waals surface area contributed by atoms with Gasteiger partial charge < -0.3 is 0 Å². The zero-order valence-electron chi connectivity index (χ0n) is 10.8. The van der Waals surface area contributed by atoms with E-state index in [-0.39, 0.29) is 10.4 Å². The number of hydrogen-bond donors (Lipinski definition) is 0. The molecule has 0 aromatic heterocycles. The molecule has 0 saturated carbocycles. The van der Waals surface area contributed by atoms with E-state index in [0.29, 0.717) is 0 Å². The van der Waals surface area contributed by atoms with Gasteiger partial charge in [-0.1, -0.05) is 55.1 Å². The largest absolute Gasteiger partial charge is 0.286 e. The first-order valence-corrected chi connectivity index (χ1v) is 7.97. The van der Waals surface area contributed by atoms with Gasteiger partial charge in [0.25, 0.3) is 0 Å². The molecule has 0 N–H and O–H groups in total. The van der Waals surface area contributed by atoms with Crippen LogP contribution >= 0.6 is 23.5 Å². The summed E-state index contributed by atoms with van der Waals surface area (Å²) in [5.74, 6) is 0. The first-order valence-electron chi connectivity index (χ1n) is 6.28. The second kappa shape index (κ2) is 7.41. The van der Waals surface area contributed by atoms with Gasteiger partial charge in [-0.3, -0.25) is 4.79 Å². The molecule has 1 unspecified atom stereocenters. The molecule has 3 heteroatoms. The summed E-state index contributed by atoms with van der Waals surface area (Å²) in [6.07, 6.45) is 0.845. The Balaban J connectivity index is 2.00. The Morgan fingerprint density at radius 3 is 2.00 bits per heavy atom. The summed E-state index contributed by atoms with van der Waals surface area (Å²) < 4.78 is 0. The fourth-order valence-corrected chi connectivity index (χ4v) is 3.65. The lowest BCUT2D eigenvalue weighted by Gasteiger charge is -2.12. The molecule has 98 valence electrons. The fraction of sp³-hybridized carbons (Fsp3) is 0.188. The Kier molecular flexibility index (Phi) is 5.55. The Hall–Kier alpha value is -1.19. The summed E-state index contributed by atoms with van der Waals surface area (Å²) >= 11 is 2.98. The third kappa shape index (κ3) is 4.44. The van der Waals surface area contributed by atoms with Crippen LogP contribution in [0.15, 0.2) is 70.5 Å². The number of carbonyl (C=O) groups is 1. The van der Waals surface area contributed by atoms with Crippen molar-refractivity contribution in [3.8, 4) is 0 Å². The molecule has 19 heavy (non-hydrogen) atoms. The van der Waals surface area contributed by atoms with E-state index < -0.39 is 0 Å².